The van der Waals surface area contributed by atoms with Crippen LogP contribution in [0.5, 0.6) is 17.2 Å². The normalized spacial score (nSPS) is 10.6. The number of amides is 1. The molecule has 6 heteroatoms. The number of ether oxygens (including phenoxy) is 3. The molecule has 0 saturated heterocycles. The predicted molar refractivity (Wildman–Crippen MR) is 110 cm³/mol. The summed E-state index contributed by atoms with van der Waals surface area (Å²) < 4.78 is 16.2. The molecule has 0 fully saturated rings. The van der Waals surface area contributed by atoms with Gasteiger partial charge in [0.2, 0.25) is 0 Å². The number of nitrogens with zero attached hydrogens (tertiary/aromatic N) is 1. The molecule has 0 aromatic heterocycles. The van der Waals surface area contributed by atoms with Gasteiger partial charge in [0.05, 0.1) is 19.9 Å². The Labute approximate surface area is 166 Å². The highest BCUT2D eigenvalue weighted by Gasteiger charge is 2.02. The Morgan fingerprint density at radius 1 is 0.929 bits per heavy atom. The van der Waals surface area contributed by atoms with Gasteiger partial charge < -0.3 is 14.2 Å². The van der Waals surface area contributed by atoms with Gasteiger partial charge in [0.25, 0.3) is 5.91 Å². The van der Waals surface area contributed by atoms with E-state index in [-0.39, 0.29) is 12.5 Å². The van der Waals surface area contributed by atoms with Gasteiger partial charge >= 0.3 is 0 Å². The Kier molecular flexibility index (Phi) is 9.41. The Morgan fingerprint density at radius 2 is 1.57 bits per heavy atom. The highest BCUT2D eigenvalue weighted by atomic mass is 16.5. The fourth-order valence-corrected chi connectivity index (χ4v) is 2.40. The maximum absolute atomic E-state index is 11.8. The quantitative estimate of drug-likeness (QED) is 0.339. The van der Waals surface area contributed by atoms with Crippen molar-refractivity contribution in [3.63, 3.8) is 0 Å². The molecule has 2 aromatic rings. The third-order valence-corrected chi connectivity index (χ3v) is 3.98. The zero-order chi connectivity index (χ0) is 20.0. The lowest BCUT2D eigenvalue weighted by Crippen LogP contribution is -2.24. The average molecular weight is 384 g/mol. The molecule has 0 aliphatic rings. The zero-order valence-electron chi connectivity index (χ0n) is 16.5. The fourth-order valence-electron chi connectivity index (χ4n) is 2.40. The van der Waals surface area contributed by atoms with Gasteiger partial charge in [-0.1, -0.05) is 26.2 Å². The molecule has 150 valence electrons. The molecule has 0 aliphatic heterocycles. The molecular weight excluding hydrogens is 356 g/mol. The first-order chi connectivity index (χ1) is 13.7. The summed E-state index contributed by atoms with van der Waals surface area (Å²) in [7, 11) is 1.59. The van der Waals surface area contributed by atoms with Crippen LogP contribution in [0, 0.1) is 0 Å². The van der Waals surface area contributed by atoms with Crippen molar-refractivity contribution in [3.8, 4) is 17.2 Å². The summed E-state index contributed by atoms with van der Waals surface area (Å²) >= 11 is 0. The van der Waals surface area contributed by atoms with Crippen LogP contribution in [0.1, 0.15) is 38.2 Å². The minimum Gasteiger partial charge on any atom is -0.497 e. The maximum atomic E-state index is 11.8. The predicted octanol–water partition coefficient (Wildman–Crippen LogP) is 4.18. The first kappa shape index (κ1) is 21.3. The first-order valence-corrected chi connectivity index (χ1v) is 9.53. The molecule has 1 amide bonds. The van der Waals surface area contributed by atoms with Crippen LogP contribution in [0.2, 0.25) is 0 Å². The molecule has 0 saturated carbocycles. The third-order valence-electron chi connectivity index (χ3n) is 3.98. The van der Waals surface area contributed by atoms with Gasteiger partial charge in [0.15, 0.2) is 6.61 Å². The van der Waals surface area contributed by atoms with E-state index in [0.717, 1.165) is 30.1 Å². The lowest BCUT2D eigenvalue weighted by atomic mass is 10.2. The van der Waals surface area contributed by atoms with Crippen molar-refractivity contribution in [1.29, 1.82) is 0 Å². The van der Waals surface area contributed by atoms with E-state index in [1.807, 2.05) is 24.3 Å². The number of carbonyl (C=O) groups excluding carboxylic acids is 1. The van der Waals surface area contributed by atoms with Gasteiger partial charge in [0, 0.05) is 0 Å². The second-order valence-electron chi connectivity index (χ2n) is 6.24. The summed E-state index contributed by atoms with van der Waals surface area (Å²) in [6.45, 7) is 2.81. The number of nitrogens with one attached hydrogen (secondary N) is 1. The van der Waals surface area contributed by atoms with Crippen LogP contribution in [0.4, 0.5) is 0 Å². The van der Waals surface area contributed by atoms with Crippen molar-refractivity contribution in [3.05, 3.63) is 54.1 Å². The molecule has 0 bridgehead atoms. The smallest absolute Gasteiger partial charge is 0.277 e. The fraction of sp³-hybridized carbons (Fsp3) is 0.364. The summed E-state index contributed by atoms with van der Waals surface area (Å²) in [5, 5.41) is 3.94. The SMILES string of the molecule is CCCCCCOc1ccc(/C=N/NC(=O)COc2ccc(OC)cc2)cc1. The molecule has 0 aliphatic carbocycles. The highest BCUT2D eigenvalue weighted by Crippen LogP contribution is 2.16. The van der Waals surface area contributed by atoms with Crippen LogP contribution >= 0.6 is 0 Å². The van der Waals surface area contributed by atoms with E-state index in [1.54, 1.807) is 37.6 Å². The largest absolute Gasteiger partial charge is 0.497 e. The molecule has 2 rings (SSSR count). The molecule has 1 N–H and O–H groups in total. The van der Waals surface area contributed by atoms with Gasteiger partial charge in [0.1, 0.15) is 17.2 Å². The molecule has 0 spiro atoms. The topological polar surface area (TPSA) is 69.2 Å². The Hall–Kier alpha value is -3.02. The molecule has 2 aromatic carbocycles. The van der Waals surface area contributed by atoms with Crippen LogP contribution in [0.25, 0.3) is 0 Å². The maximum Gasteiger partial charge on any atom is 0.277 e. The first-order valence-electron chi connectivity index (χ1n) is 9.53. The van der Waals surface area contributed by atoms with Crippen LogP contribution in [-0.2, 0) is 4.79 Å². The van der Waals surface area contributed by atoms with Crippen molar-refractivity contribution in [2.45, 2.75) is 32.6 Å². The summed E-state index contributed by atoms with van der Waals surface area (Å²) in [6, 6.07) is 14.6. The number of benzene rings is 2. The molecule has 0 heterocycles. The van der Waals surface area contributed by atoms with E-state index in [9.17, 15) is 4.79 Å². The van der Waals surface area contributed by atoms with Gasteiger partial charge in [-0.3, -0.25) is 4.79 Å². The van der Waals surface area contributed by atoms with Crippen LogP contribution < -0.4 is 19.6 Å². The van der Waals surface area contributed by atoms with Crippen LogP contribution in [0.15, 0.2) is 53.6 Å². The monoisotopic (exact) mass is 384 g/mol. The zero-order valence-corrected chi connectivity index (χ0v) is 16.5. The minimum atomic E-state index is -0.334. The van der Waals surface area contributed by atoms with E-state index >= 15 is 0 Å². The number of hydrogen-bond acceptors (Lipinski definition) is 5. The molecule has 0 radical (unpaired) electrons. The summed E-state index contributed by atoms with van der Waals surface area (Å²) in [5.74, 6) is 1.82. The number of hydrazone groups is 1. The average Bonchev–Trinajstić information content (AvgIpc) is 2.73. The lowest BCUT2D eigenvalue weighted by Gasteiger charge is -2.06. The Morgan fingerprint density at radius 3 is 2.25 bits per heavy atom. The van der Waals surface area contributed by atoms with E-state index < -0.39 is 0 Å². The third kappa shape index (κ3) is 8.12. The molecule has 0 unspecified atom stereocenters. The number of carbonyl (C=O) groups is 1. The van der Waals surface area contributed by atoms with Gasteiger partial charge in [-0.15, -0.1) is 0 Å². The van der Waals surface area contributed by atoms with E-state index in [2.05, 4.69) is 17.5 Å². The van der Waals surface area contributed by atoms with Crippen LogP contribution in [-0.4, -0.2) is 32.4 Å². The van der Waals surface area contributed by atoms with E-state index in [4.69, 9.17) is 14.2 Å². The van der Waals surface area contributed by atoms with Crippen molar-refractivity contribution < 1.29 is 19.0 Å². The van der Waals surface area contributed by atoms with Gasteiger partial charge in [-0.2, -0.15) is 5.10 Å². The second kappa shape index (κ2) is 12.4. The van der Waals surface area contributed by atoms with Crippen molar-refractivity contribution in [1.82, 2.24) is 5.43 Å². The van der Waals surface area contributed by atoms with E-state index in [0.29, 0.717) is 5.75 Å². The molecule has 0 atom stereocenters. The number of hydrogen-bond donors (Lipinski definition) is 1. The summed E-state index contributed by atoms with van der Waals surface area (Å²) in [5.41, 5.74) is 3.31. The van der Waals surface area contributed by atoms with Crippen molar-refractivity contribution >= 4 is 12.1 Å². The Bertz CT molecular complexity index is 727. The number of rotatable bonds is 12. The second-order valence-corrected chi connectivity index (χ2v) is 6.24. The standard InChI is InChI=1S/C22H28N2O4/c1-3-4-5-6-15-27-20-9-7-18(8-10-20)16-23-24-22(25)17-28-21-13-11-19(26-2)12-14-21/h7-14,16H,3-6,15,17H2,1-2H3,(H,24,25)/b23-16+. The van der Waals surface area contributed by atoms with Crippen molar-refractivity contribution in [2.24, 2.45) is 5.10 Å². The van der Waals surface area contributed by atoms with Gasteiger partial charge in [-0.25, -0.2) is 5.43 Å². The Balaban J connectivity index is 1.67. The number of unbranched alkanes of at least 4 members (excludes halogenated alkanes) is 3. The minimum absolute atomic E-state index is 0.117. The summed E-state index contributed by atoms with van der Waals surface area (Å²) in [6.07, 6.45) is 6.31. The summed E-state index contributed by atoms with van der Waals surface area (Å²) in [4.78, 5) is 11.8. The molecule has 28 heavy (non-hydrogen) atoms. The molecule has 6 nitrogen and oxygen atoms in total. The van der Waals surface area contributed by atoms with Crippen LogP contribution in [0.3, 0.4) is 0 Å². The van der Waals surface area contributed by atoms with Gasteiger partial charge in [-0.05, 0) is 60.5 Å². The number of methoxy groups -OCH3 is 1. The van der Waals surface area contributed by atoms with Crippen molar-refractivity contribution in [2.75, 3.05) is 20.3 Å². The van der Waals surface area contributed by atoms with E-state index in [1.165, 1.54) is 19.3 Å². The molecular formula is C22H28N2O4. The lowest BCUT2D eigenvalue weighted by molar-refractivity contribution is -0.123. The highest BCUT2D eigenvalue weighted by molar-refractivity contribution is 5.83.